The van der Waals surface area contributed by atoms with E-state index in [1.54, 1.807) is 30.3 Å². The van der Waals surface area contributed by atoms with Crippen molar-refractivity contribution in [3.63, 3.8) is 0 Å². The van der Waals surface area contributed by atoms with E-state index in [0.29, 0.717) is 28.5 Å². The molecule has 124 valence electrons. The molecule has 0 fully saturated rings. The molecular weight excluding hydrogens is 390 g/mol. The molecule has 2 unspecified atom stereocenters. The van der Waals surface area contributed by atoms with Crippen molar-refractivity contribution >= 4 is 58.0 Å². The monoisotopic (exact) mass is 400 g/mol. The molecule has 0 aromatic heterocycles. The van der Waals surface area contributed by atoms with Crippen molar-refractivity contribution in [2.75, 3.05) is 0 Å². The van der Waals surface area contributed by atoms with Gasteiger partial charge in [-0.05, 0) is 54.3 Å². The van der Waals surface area contributed by atoms with E-state index in [-0.39, 0.29) is 11.6 Å². The molecule has 24 heavy (non-hydrogen) atoms. The Labute approximate surface area is 159 Å². The lowest BCUT2D eigenvalue weighted by atomic mass is 10.1. The summed E-state index contributed by atoms with van der Waals surface area (Å²) < 4.78 is 0. The second-order valence-corrected chi connectivity index (χ2v) is 7.60. The number of alkyl halides is 2. The maximum atomic E-state index is 11.4. The summed E-state index contributed by atoms with van der Waals surface area (Å²) in [5.41, 5.74) is 3.37. The van der Waals surface area contributed by atoms with Crippen LogP contribution in [0.4, 0.5) is 0 Å². The number of hydrogen-bond acceptors (Lipinski definition) is 2. The van der Waals surface area contributed by atoms with Crippen molar-refractivity contribution < 1.29 is 9.59 Å². The van der Waals surface area contributed by atoms with E-state index < -0.39 is 10.8 Å². The predicted molar refractivity (Wildman–Crippen MR) is 98.3 cm³/mol. The lowest BCUT2D eigenvalue weighted by molar-refractivity contribution is 0.0990. The second kappa shape index (κ2) is 7.05. The lowest BCUT2D eigenvalue weighted by Crippen LogP contribution is -2.06. The Bertz CT molecular complexity index is 832. The zero-order chi connectivity index (χ0) is 17.4. The van der Waals surface area contributed by atoms with Gasteiger partial charge in [-0.3, -0.25) is 9.59 Å². The Morgan fingerprint density at radius 1 is 0.708 bits per heavy atom. The summed E-state index contributed by atoms with van der Waals surface area (Å²) >= 11 is 23.1. The topological polar surface area (TPSA) is 34.1 Å². The number of fused-ring (bicyclic) bond motifs is 2. The molecule has 0 saturated carbocycles. The van der Waals surface area contributed by atoms with Gasteiger partial charge >= 0.3 is 0 Å². The van der Waals surface area contributed by atoms with Gasteiger partial charge in [0.25, 0.3) is 0 Å². The van der Waals surface area contributed by atoms with Crippen LogP contribution in [0.5, 0.6) is 0 Å². The normalized spacial score (nSPS) is 21.2. The van der Waals surface area contributed by atoms with Crippen LogP contribution in [0.3, 0.4) is 0 Å². The molecule has 2 aromatic rings. The minimum Gasteiger partial charge on any atom is -0.292 e. The van der Waals surface area contributed by atoms with Gasteiger partial charge in [-0.15, -0.1) is 23.2 Å². The second-order valence-electron chi connectivity index (χ2n) is 5.67. The fraction of sp³-hybridized carbons (Fsp3) is 0.222. The number of hydrogen-bond donors (Lipinski definition) is 0. The molecule has 0 aliphatic heterocycles. The molecule has 2 aromatic carbocycles. The zero-order valence-corrected chi connectivity index (χ0v) is 15.4. The van der Waals surface area contributed by atoms with Crippen molar-refractivity contribution in [2.45, 2.75) is 23.6 Å². The molecule has 0 radical (unpaired) electrons. The van der Waals surface area contributed by atoms with Crippen LogP contribution in [-0.2, 0) is 12.8 Å². The summed E-state index contributed by atoms with van der Waals surface area (Å²) in [6.07, 6.45) is 1.24. The Kier molecular flexibility index (Phi) is 5.22. The SMILES string of the molecule is O=C1c2cc(Cl)ccc2CC1Cl.O=C1c2ccc(Cl)cc2CC1Cl. The summed E-state index contributed by atoms with van der Waals surface area (Å²) in [6.45, 7) is 0. The minimum atomic E-state index is -0.390. The molecule has 2 atom stereocenters. The fourth-order valence-electron chi connectivity index (χ4n) is 2.84. The van der Waals surface area contributed by atoms with Gasteiger partial charge in [0.2, 0.25) is 0 Å². The number of carbonyl (C=O) groups excluding carboxylic acids is 2. The largest absolute Gasteiger partial charge is 0.292 e. The highest BCUT2D eigenvalue weighted by Crippen LogP contribution is 2.28. The van der Waals surface area contributed by atoms with Crippen molar-refractivity contribution in [1.29, 1.82) is 0 Å². The molecule has 0 spiro atoms. The molecular formula is C18H12Cl4O2. The summed E-state index contributed by atoms with van der Waals surface area (Å²) in [5.74, 6) is 0.0116. The van der Waals surface area contributed by atoms with Crippen molar-refractivity contribution in [3.8, 4) is 0 Å². The zero-order valence-electron chi connectivity index (χ0n) is 12.4. The van der Waals surface area contributed by atoms with E-state index in [4.69, 9.17) is 46.4 Å². The van der Waals surface area contributed by atoms with Gasteiger partial charge in [-0.1, -0.05) is 29.3 Å². The van der Waals surface area contributed by atoms with Crippen LogP contribution in [0.25, 0.3) is 0 Å². The van der Waals surface area contributed by atoms with E-state index in [0.717, 1.165) is 16.7 Å². The first-order chi connectivity index (χ1) is 11.4. The van der Waals surface area contributed by atoms with Crippen LogP contribution in [0.15, 0.2) is 36.4 Å². The Morgan fingerprint density at radius 2 is 1.25 bits per heavy atom. The van der Waals surface area contributed by atoms with Crippen molar-refractivity contribution in [3.05, 3.63) is 68.7 Å². The Hall–Kier alpha value is -1.06. The fourth-order valence-corrected chi connectivity index (χ4v) is 3.77. The van der Waals surface area contributed by atoms with Gasteiger partial charge in [-0.25, -0.2) is 0 Å². The average molecular weight is 402 g/mol. The van der Waals surface area contributed by atoms with E-state index in [1.165, 1.54) is 0 Å². The number of ketones is 2. The molecule has 2 aliphatic rings. The number of Topliss-reactive ketones (excluding diaryl/α,β-unsaturated/α-hetero) is 2. The summed E-state index contributed by atoms with van der Waals surface area (Å²) in [7, 11) is 0. The first-order valence-electron chi connectivity index (χ1n) is 7.30. The van der Waals surface area contributed by atoms with Gasteiger partial charge in [0.15, 0.2) is 11.6 Å². The molecule has 0 bridgehead atoms. The standard InChI is InChI=1S/2C9H6Cl2O/c10-6-1-2-7-5(3-6)4-8(11)9(7)12;10-6-2-1-5-3-8(11)9(12)7(5)4-6/h1-3,8H,4H2;1-2,4,8H,3H2. The van der Waals surface area contributed by atoms with Crippen molar-refractivity contribution in [1.82, 2.24) is 0 Å². The lowest BCUT2D eigenvalue weighted by Gasteiger charge is -1.95. The predicted octanol–water partition coefficient (Wildman–Crippen LogP) is 5.37. The van der Waals surface area contributed by atoms with Crippen LogP contribution in [0, 0.1) is 0 Å². The Morgan fingerprint density at radius 3 is 1.96 bits per heavy atom. The molecule has 0 N–H and O–H groups in total. The van der Waals surface area contributed by atoms with Gasteiger partial charge in [0, 0.05) is 21.2 Å². The molecule has 2 nitrogen and oxygen atoms in total. The summed E-state index contributed by atoms with van der Waals surface area (Å²) in [6, 6.07) is 10.6. The van der Waals surface area contributed by atoms with E-state index >= 15 is 0 Å². The quantitative estimate of drug-likeness (QED) is 0.556. The molecule has 0 amide bonds. The van der Waals surface area contributed by atoms with Gasteiger partial charge in [-0.2, -0.15) is 0 Å². The Balaban J connectivity index is 0.000000141. The van der Waals surface area contributed by atoms with Crippen LogP contribution < -0.4 is 0 Å². The highest BCUT2D eigenvalue weighted by molar-refractivity contribution is 6.37. The molecule has 0 saturated heterocycles. The summed E-state index contributed by atoms with van der Waals surface area (Å²) in [4.78, 5) is 22.7. The molecule has 4 rings (SSSR count). The molecule has 0 heterocycles. The third kappa shape index (κ3) is 3.48. The minimum absolute atomic E-state index is 0.00540. The van der Waals surface area contributed by atoms with E-state index in [2.05, 4.69) is 0 Å². The first-order valence-corrected chi connectivity index (χ1v) is 8.93. The number of halogens is 4. The maximum Gasteiger partial charge on any atom is 0.181 e. The number of benzene rings is 2. The van der Waals surface area contributed by atoms with Crippen LogP contribution in [-0.4, -0.2) is 22.3 Å². The average Bonchev–Trinajstić information content (AvgIpc) is 2.97. The van der Waals surface area contributed by atoms with Gasteiger partial charge < -0.3 is 0 Å². The molecule has 6 heteroatoms. The van der Waals surface area contributed by atoms with Crippen molar-refractivity contribution in [2.24, 2.45) is 0 Å². The number of rotatable bonds is 0. The van der Waals surface area contributed by atoms with E-state index in [1.807, 2.05) is 6.07 Å². The number of carbonyl (C=O) groups is 2. The van der Waals surface area contributed by atoms with Crippen LogP contribution >= 0.6 is 46.4 Å². The highest BCUT2D eigenvalue weighted by atomic mass is 35.5. The maximum absolute atomic E-state index is 11.4. The summed E-state index contributed by atoms with van der Waals surface area (Å²) in [5, 5.41) is 0.470. The molecule has 2 aliphatic carbocycles. The van der Waals surface area contributed by atoms with Gasteiger partial charge in [0.1, 0.15) is 10.8 Å². The highest BCUT2D eigenvalue weighted by Gasteiger charge is 2.29. The third-order valence-corrected chi connectivity index (χ3v) is 5.21. The van der Waals surface area contributed by atoms with E-state index in [9.17, 15) is 9.59 Å². The third-order valence-electron chi connectivity index (χ3n) is 4.04. The van der Waals surface area contributed by atoms with Gasteiger partial charge in [0.05, 0.1) is 0 Å². The van der Waals surface area contributed by atoms with Crippen LogP contribution in [0.2, 0.25) is 10.0 Å². The van der Waals surface area contributed by atoms with Crippen LogP contribution in [0.1, 0.15) is 31.8 Å². The first kappa shape index (κ1) is 17.8. The smallest absolute Gasteiger partial charge is 0.181 e.